The molecule has 0 radical (unpaired) electrons. The molecule has 2 heterocycles. The fourth-order valence-corrected chi connectivity index (χ4v) is 7.31. The van der Waals surface area contributed by atoms with E-state index in [0.717, 1.165) is 34.5 Å². The molecule has 1 amide bonds. The predicted octanol–water partition coefficient (Wildman–Crippen LogP) is 6.63. The lowest BCUT2D eigenvalue weighted by Gasteiger charge is -2.48. The SMILES string of the molecule is Cc1nc(C(C)NC(=O)c2cc(F)cc(N(C3CN(C(c4ccc(Cl)cc4)c4ccc(Cl)cc4)C3)S(C)(=O)=O)c2)cs1. The molecule has 0 bridgehead atoms. The first-order valence-corrected chi connectivity index (χ1v) is 16.7. The Hall–Kier alpha value is -3.02. The minimum atomic E-state index is -3.83. The number of aromatic nitrogens is 1. The summed E-state index contributed by atoms with van der Waals surface area (Å²) in [6.45, 7) is 4.41. The van der Waals surface area contributed by atoms with Crippen LogP contribution in [0, 0.1) is 12.7 Å². The normalized spacial score (nSPS) is 14.9. The molecular formula is C30H29Cl2FN4O3S2. The number of nitrogens with zero attached hydrogens (tertiary/aromatic N) is 3. The number of benzene rings is 3. The van der Waals surface area contributed by atoms with Gasteiger partial charge in [-0.25, -0.2) is 17.8 Å². The van der Waals surface area contributed by atoms with Crippen molar-refractivity contribution in [3.8, 4) is 0 Å². The Morgan fingerprint density at radius 1 is 1.05 bits per heavy atom. The van der Waals surface area contributed by atoms with Crippen molar-refractivity contribution in [1.82, 2.24) is 15.2 Å². The summed E-state index contributed by atoms with van der Waals surface area (Å²) in [6, 6.07) is 17.6. The summed E-state index contributed by atoms with van der Waals surface area (Å²) in [5.74, 6) is -1.23. The van der Waals surface area contributed by atoms with Gasteiger partial charge in [-0.1, -0.05) is 47.5 Å². The van der Waals surface area contributed by atoms with Gasteiger partial charge in [0.05, 0.1) is 40.8 Å². The van der Waals surface area contributed by atoms with Crippen molar-refractivity contribution in [2.24, 2.45) is 0 Å². The van der Waals surface area contributed by atoms with E-state index in [9.17, 15) is 17.6 Å². The van der Waals surface area contributed by atoms with Crippen molar-refractivity contribution in [3.63, 3.8) is 0 Å². The fraction of sp³-hybridized carbons (Fsp3) is 0.267. The van der Waals surface area contributed by atoms with Gasteiger partial charge in [-0.3, -0.25) is 14.0 Å². The highest BCUT2D eigenvalue weighted by Crippen LogP contribution is 2.37. The molecule has 42 heavy (non-hydrogen) atoms. The molecule has 3 aromatic carbocycles. The Morgan fingerprint density at radius 2 is 1.62 bits per heavy atom. The molecule has 1 N–H and O–H groups in total. The molecule has 1 fully saturated rings. The Bertz CT molecular complexity index is 1650. The standard InChI is InChI=1S/C30H29Cl2FN4O3S2/c1-18(28-17-41-19(2)35-28)34-30(38)22-12-25(33)14-26(13-22)37(42(3,39)40)27-15-36(16-27)29(20-4-8-23(31)9-5-20)21-6-10-24(32)11-7-21/h4-14,17-18,27,29H,15-16H2,1-3H3,(H,34,38). The Labute approximate surface area is 259 Å². The van der Waals surface area contributed by atoms with Crippen LogP contribution in [0.5, 0.6) is 0 Å². The molecular weight excluding hydrogens is 618 g/mol. The van der Waals surface area contributed by atoms with Gasteiger partial charge in [-0.15, -0.1) is 11.3 Å². The zero-order chi connectivity index (χ0) is 30.2. The number of hydrogen-bond acceptors (Lipinski definition) is 6. The van der Waals surface area contributed by atoms with E-state index in [1.54, 1.807) is 6.92 Å². The third-order valence-electron chi connectivity index (χ3n) is 7.14. The summed E-state index contributed by atoms with van der Waals surface area (Å²) in [5, 5.41) is 6.77. The van der Waals surface area contributed by atoms with E-state index in [1.165, 1.54) is 21.7 Å². The van der Waals surface area contributed by atoms with E-state index < -0.39 is 33.8 Å². The first-order chi connectivity index (χ1) is 19.9. The number of likely N-dealkylation sites (tertiary alicyclic amines) is 1. The van der Waals surface area contributed by atoms with E-state index in [4.69, 9.17) is 23.2 Å². The second-order valence-corrected chi connectivity index (χ2v) is 14.2. The largest absolute Gasteiger partial charge is 0.344 e. The van der Waals surface area contributed by atoms with Crippen molar-refractivity contribution in [3.05, 3.63) is 115 Å². The van der Waals surface area contributed by atoms with Crippen LogP contribution in [0.2, 0.25) is 10.0 Å². The Morgan fingerprint density at radius 3 is 2.12 bits per heavy atom. The molecule has 0 spiro atoms. The highest BCUT2D eigenvalue weighted by Gasteiger charge is 2.41. The van der Waals surface area contributed by atoms with E-state index in [-0.39, 0.29) is 17.3 Å². The van der Waals surface area contributed by atoms with E-state index in [2.05, 4.69) is 15.2 Å². The molecule has 1 aromatic heterocycles. The number of halogens is 3. The van der Waals surface area contributed by atoms with Gasteiger partial charge >= 0.3 is 0 Å². The van der Waals surface area contributed by atoms with Crippen LogP contribution in [0.15, 0.2) is 72.1 Å². The molecule has 5 rings (SSSR count). The summed E-state index contributed by atoms with van der Waals surface area (Å²) < 4.78 is 42.2. The summed E-state index contributed by atoms with van der Waals surface area (Å²) in [7, 11) is -3.83. The summed E-state index contributed by atoms with van der Waals surface area (Å²) >= 11 is 13.7. The monoisotopic (exact) mass is 646 g/mol. The van der Waals surface area contributed by atoms with Gasteiger partial charge in [0.15, 0.2) is 0 Å². The molecule has 7 nitrogen and oxygen atoms in total. The van der Waals surface area contributed by atoms with Crippen molar-refractivity contribution in [1.29, 1.82) is 0 Å². The smallest absolute Gasteiger partial charge is 0.251 e. The number of hydrogen-bond donors (Lipinski definition) is 1. The van der Waals surface area contributed by atoms with Crippen LogP contribution in [0.1, 0.15) is 51.2 Å². The second kappa shape index (κ2) is 12.3. The average molecular weight is 648 g/mol. The van der Waals surface area contributed by atoms with Crippen LogP contribution < -0.4 is 9.62 Å². The molecule has 1 aliphatic rings. The molecule has 1 saturated heterocycles. The number of sulfonamides is 1. The van der Waals surface area contributed by atoms with Crippen LogP contribution in [-0.4, -0.2) is 49.6 Å². The number of carbonyl (C=O) groups excluding carboxylic acids is 1. The Kier molecular flexibility index (Phi) is 8.91. The molecule has 220 valence electrons. The van der Waals surface area contributed by atoms with Gasteiger partial charge < -0.3 is 5.32 Å². The van der Waals surface area contributed by atoms with Gasteiger partial charge in [-0.2, -0.15) is 0 Å². The number of amides is 1. The van der Waals surface area contributed by atoms with Gasteiger partial charge in [0, 0.05) is 34.1 Å². The van der Waals surface area contributed by atoms with Gasteiger partial charge in [-0.05, 0) is 67.4 Å². The highest BCUT2D eigenvalue weighted by atomic mass is 35.5. The molecule has 12 heteroatoms. The maximum atomic E-state index is 14.9. The molecule has 1 aliphatic heterocycles. The van der Waals surface area contributed by atoms with Crippen LogP contribution in [0.4, 0.5) is 10.1 Å². The molecule has 1 unspecified atom stereocenters. The number of anilines is 1. The van der Waals surface area contributed by atoms with Crippen molar-refractivity contribution in [2.45, 2.75) is 32.0 Å². The zero-order valence-corrected chi connectivity index (χ0v) is 26.2. The van der Waals surface area contributed by atoms with Gasteiger partial charge in [0.25, 0.3) is 5.91 Å². The maximum absolute atomic E-state index is 14.9. The topological polar surface area (TPSA) is 82.6 Å². The first kappa shape index (κ1) is 30.4. The number of thiazole rings is 1. The molecule has 4 aromatic rings. The van der Waals surface area contributed by atoms with E-state index in [0.29, 0.717) is 28.8 Å². The number of nitrogens with one attached hydrogen (secondary N) is 1. The van der Waals surface area contributed by atoms with Crippen LogP contribution >= 0.6 is 34.5 Å². The summed E-state index contributed by atoms with van der Waals surface area (Å²) in [4.78, 5) is 19.6. The molecule has 0 aliphatic carbocycles. The highest BCUT2D eigenvalue weighted by molar-refractivity contribution is 7.92. The third kappa shape index (κ3) is 6.79. The lowest BCUT2D eigenvalue weighted by Crippen LogP contribution is -2.61. The minimum Gasteiger partial charge on any atom is -0.344 e. The number of aryl methyl sites for hydroxylation is 1. The Balaban J connectivity index is 1.40. The third-order valence-corrected chi connectivity index (χ3v) is 9.66. The summed E-state index contributed by atoms with van der Waals surface area (Å²) in [5.41, 5.74) is 2.79. The lowest BCUT2D eigenvalue weighted by atomic mass is 9.93. The first-order valence-electron chi connectivity index (χ1n) is 13.2. The van der Waals surface area contributed by atoms with Crippen molar-refractivity contribution in [2.75, 3.05) is 23.7 Å². The van der Waals surface area contributed by atoms with Crippen molar-refractivity contribution < 1.29 is 17.6 Å². The maximum Gasteiger partial charge on any atom is 0.251 e. The van der Waals surface area contributed by atoms with Gasteiger partial charge in [0.2, 0.25) is 10.0 Å². The molecule has 0 saturated carbocycles. The van der Waals surface area contributed by atoms with Crippen LogP contribution in [0.3, 0.4) is 0 Å². The minimum absolute atomic E-state index is 0.0221. The lowest BCUT2D eigenvalue weighted by molar-refractivity contribution is 0.0938. The molecule has 1 atom stereocenters. The summed E-state index contributed by atoms with van der Waals surface area (Å²) in [6.07, 6.45) is 1.09. The average Bonchev–Trinajstić information content (AvgIpc) is 3.34. The number of carbonyl (C=O) groups is 1. The van der Waals surface area contributed by atoms with E-state index in [1.807, 2.05) is 60.8 Å². The fourth-order valence-electron chi connectivity index (χ4n) is 5.19. The zero-order valence-electron chi connectivity index (χ0n) is 23.1. The second-order valence-electron chi connectivity index (χ2n) is 10.4. The van der Waals surface area contributed by atoms with E-state index >= 15 is 0 Å². The van der Waals surface area contributed by atoms with Crippen molar-refractivity contribution >= 4 is 56.2 Å². The predicted molar refractivity (Wildman–Crippen MR) is 167 cm³/mol. The number of rotatable bonds is 9. The van der Waals surface area contributed by atoms with Crippen LogP contribution in [-0.2, 0) is 10.0 Å². The quantitative estimate of drug-likeness (QED) is 0.221. The van der Waals surface area contributed by atoms with Gasteiger partial charge in [0.1, 0.15) is 5.82 Å². The van der Waals surface area contributed by atoms with Crippen LogP contribution in [0.25, 0.3) is 0 Å².